The van der Waals surface area contributed by atoms with Crippen LogP contribution in [0.15, 0.2) is 198 Å². The summed E-state index contributed by atoms with van der Waals surface area (Å²) in [5.74, 6) is 0.736. The van der Waals surface area contributed by atoms with Crippen LogP contribution in [-0.4, -0.2) is 21.1 Å². The molecule has 2 aromatic heterocycles. The molecule has 266 valence electrons. The highest BCUT2D eigenvalue weighted by Crippen LogP contribution is 2.41. The summed E-state index contributed by atoms with van der Waals surface area (Å²) in [6, 6.07) is 66.5. The summed E-state index contributed by atoms with van der Waals surface area (Å²) in [6.07, 6.45) is 0. The van der Waals surface area contributed by atoms with E-state index in [1.807, 2.05) is 36.4 Å². The normalized spacial score (nSPS) is 12.3. The van der Waals surface area contributed by atoms with Crippen molar-refractivity contribution in [3.63, 3.8) is 0 Å². The molecule has 0 atom stereocenters. The molecule has 8 aromatic carbocycles. The lowest BCUT2D eigenvalue weighted by atomic mass is 9.99. The van der Waals surface area contributed by atoms with Gasteiger partial charge in [-0.2, -0.15) is 0 Å². The van der Waals surface area contributed by atoms with Gasteiger partial charge in [-0.25, -0.2) is 9.98 Å². The number of nitrogens with zero attached hydrogens (tertiary/aromatic N) is 4. The maximum atomic E-state index is 5.06. The number of hydrogen-bond acceptors (Lipinski definition) is 3. The van der Waals surface area contributed by atoms with Crippen molar-refractivity contribution >= 4 is 65.7 Å². The topological polar surface area (TPSA) is 42.5 Å². The molecule has 10 rings (SSSR count). The number of para-hydroxylation sites is 2. The van der Waals surface area contributed by atoms with E-state index in [1.165, 1.54) is 54.0 Å². The van der Waals surface area contributed by atoms with Crippen LogP contribution in [-0.2, 0) is 6.54 Å². The summed E-state index contributed by atoms with van der Waals surface area (Å²) < 4.78 is 3.58. The minimum atomic E-state index is 0.577. The van der Waals surface area contributed by atoms with Crippen molar-refractivity contribution < 1.29 is 0 Å². The molecule has 5 heteroatoms. The van der Waals surface area contributed by atoms with E-state index < -0.39 is 0 Å². The molecule has 0 fully saturated rings. The first-order valence-corrected chi connectivity index (χ1v) is 19.7. The predicted octanol–water partition coefficient (Wildman–Crippen LogP) is 13.3. The van der Waals surface area contributed by atoms with Crippen LogP contribution < -0.4 is 0 Å². The van der Waals surface area contributed by atoms with E-state index in [0.717, 1.165) is 44.4 Å². The largest absolute Gasteiger partial charge is 0.309 e. The van der Waals surface area contributed by atoms with Gasteiger partial charge in [0.2, 0.25) is 0 Å². The Balaban J connectivity index is 0.961. The Morgan fingerprint density at radius 1 is 0.589 bits per heavy atom. The maximum Gasteiger partial charge on any atom is 0.155 e. The van der Waals surface area contributed by atoms with E-state index >= 15 is 0 Å². The Hall–Kier alpha value is -6.95. The van der Waals surface area contributed by atoms with Gasteiger partial charge in [-0.3, -0.25) is 4.99 Å². The van der Waals surface area contributed by atoms with Gasteiger partial charge in [0.15, 0.2) is 5.84 Å². The van der Waals surface area contributed by atoms with Crippen molar-refractivity contribution in [3.8, 4) is 27.4 Å². The molecule has 0 saturated carbocycles. The molecule has 10 aromatic rings. The first-order valence-electron chi connectivity index (χ1n) is 18.9. The minimum absolute atomic E-state index is 0.577. The molecule has 0 N–H and O–H groups in total. The van der Waals surface area contributed by atoms with Crippen molar-refractivity contribution in [2.75, 3.05) is 0 Å². The Kier molecular flexibility index (Phi) is 8.62. The van der Waals surface area contributed by atoms with Crippen LogP contribution in [0.4, 0.5) is 0 Å². The van der Waals surface area contributed by atoms with E-state index in [9.17, 15) is 0 Å². The Bertz CT molecular complexity index is 3070. The molecule has 0 radical (unpaired) electrons. The summed E-state index contributed by atoms with van der Waals surface area (Å²) in [5, 5.41) is 5.87. The van der Waals surface area contributed by atoms with Crippen molar-refractivity contribution in [2.24, 2.45) is 9.98 Å². The fourth-order valence-corrected chi connectivity index (χ4v) is 8.67. The zero-order valence-electron chi connectivity index (χ0n) is 30.8. The molecular formula is C51H36N4S. The fourth-order valence-electron chi connectivity index (χ4n) is 7.67. The molecule has 0 amide bonds. The summed E-state index contributed by atoms with van der Waals surface area (Å²) in [4.78, 5) is 15.0. The van der Waals surface area contributed by atoms with Gasteiger partial charge in [-0.05, 0) is 88.5 Å². The minimum Gasteiger partial charge on any atom is -0.309 e. The average Bonchev–Trinajstić information content (AvgIpc) is 3.85. The fraction of sp³-hybridized carbons (Fsp3) is 0.0392. The van der Waals surface area contributed by atoms with Crippen molar-refractivity contribution in [3.05, 3.63) is 205 Å². The number of fused-ring (bicyclic) bond motifs is 5. The van der Waals surface area contributed by atoms with Crippen molar-refractivity contribution in [1.29, 1.82) is 0 Å². The highest BCUT2D eigenvalue weighted by molar-refractivity contribution is 7.21. The average molecular weight is 737 g/mol. The van der Waals surface area contributed by atoms with E-state index in [2.05, 4.69) is 163 Å². The number of thiazole rings is 1. The lowest BCUT2D eigenvalue weighted by Gasteiger charge is -2.11. The smallest absolute Gasteiger partial charge is 0.155 e. The van der Waals surface area contributed by atoms with Crippen LogP contribution in [0.2, 0.25) is 0 Å². The number of benzene rings is 8. The standard InChI is InChI=1S/C51H36N4S/c1-34(53-50(37-15-6-3-7-16-37)52-33-35-13-4-2-5-14-35)38-23-24-41-32-39(25-26-40(41)31-38)36-27-29-42(30-28-36)55-46-20-10-8-17-43(46)49-44(18-12-21-47(49)55)51-54-45-19-9-11-22-48(45)56-51/h2-32H,33H2,1H3/b52-50-,53-34+. The van der Waals surface area contributed by atoms with Crippen molar-refractivity contribution in [1.82, 2.24) is 9.55 Å². The summed E-state index contributed by atoms with van der Waals surface area (Å²) in [5.41, 5.74) is 12.2. The molecule has 0 aliphatic rings. The van der Waals surface area contributed by atoms with Gasteiger partial charge in [0.1, 0.15) is 5.01 Å². The molecule has 0 aliphatic carbocycles. The molecule has 2 heterocycles. The molecule has 0 spiro atoms. The number of amidine groups is 1. The summed E-state index contributed by atoms with van der Waals surface area (Å²) in [7, 11) is 0. The summed E-state index contributed by atoms with van der Waals surface area (Å²) in [6.45, 7) is 2.64. The van der Waals surface area contributed by atoms with Crippen LogP contribution in [0.5, 0.6) is 0 Å². The number of aromatic nitrogens is 2. The Morgan fingerprint density at radius 2 is 1.29 bits per heavy atom. The quantitative estimate of drug-likeness (QED) is 0.119. The second kappa shape index (κ2) is 14.4. The van der Waals surface area contributed by atoms with E-state index in [4.69, 9.17) is 15.0 Å². The molecule has 0 bridgehead atoms. The van der Waals surface area contributed by atoms with Gasteiger partial charge in [-0.15, -0.1) is 11.3 Å². The third kappa shape index (κ3) is 6.28. The molecular weight excluding hydrogens is 701 g/mol. The maximum absolute atomic E-state index is 5.06. The molecule has 56 heavy (non-hydrogen) atoms. The molecule has 4 nitrogen and oxygen atoms in total. The van der Waals surface area contributed by atoms with E-state index in [-0.39, 0.29) is 0 Å². The molecule has 0 aliphatic heterocycles. The monoisotopic (exact) mass is 736 g/mol. The predicted molar refractivity (Wildman–Crippen MR) is 238 cm³/mol. The van der Waals surface area contributed by atoms with Crippen LogP contribution in [0.25, 0.3) is 70.2 Å². The molecule has 0 saturated heterocycles. The first kappa shape index (κ1) is 33.6. The number of rotatable bonds is 7. The first-order chi connectivity index (χ1) is 27.7. The van der Waals surface area contributed by atoms with Crippen LogP contribution >= 0.6 is 11.3 Å². The second-order valence-corrected chi connectivity index (χ2v) is 15.1. The van der Waals surface area contributed by atoms with Gasteiger partial charge in [0, 0.05) is 33.3 Å². The zero-order valence-corrected chi connectivity index (χ0v) is 31.6. The van der Waals surface area contributed by atoms with E-state index in [1.54, 1.807) is 11.3 Å². The number of hydrogen-bond donors (Lipinski definition) is 0. The van der Waals surface area contributed by atoms with Gasteiger partial charge < -0.3 is 4.57 Å². The van der Waals surface area contributed by atoms with Gasteiger partial charge >= 0.3 is 0 Å². The zero-order chi connectivity index (χ0) is 37.4. The highest BCUT2D eigenvalue weighted by Gasteiger charge is 2.18. The van der Waals surface area contributed by atoms with Crippen LogP contribution in [0.3, 0.4) is 0 Å². The summed E-state index contributed by atoms with van der Waals surface area (Å²) >= 11 is 1.75. The Morgan fingerprint density at radius 3 is 2.12 bits per heavy atom. The Labute approximate surface area is 329 Å². The van der Waals surface area contributed by atoms with Gasteiger partial charge in [-0.1, -0.05) is 140 Å². The lowest BCUT2D eigenvalue weighted by molar-refractivity contribution is 1.06. The van der Waals surface area contributed by atoms with Gasteiger partial charge in [0.05, 0.1) is 27.8 Å². The SMILES string of the molecule is C/C(=N\C(=N/Cc1ccccc1)c1ccccc1)c1ccc2cc(-c3ccc(-n4c5ccccc5c5c(-c6nc7ccccc7s6)cccc54)cc3)ccc2c1. The second-order valence-electron chi connectivity index (χ2n) is 14.1. The lowest BCUT2D eigenvalue weighted by Crippen LogP contribution is -2.04. The highest BCUT2D eigenvalue weighted by atomic mass is 32.1. The van der Waals surface area contributed by atoms with Crippen LogP contribution in [0, 0.1) is 0 Å². The van der Waals surface area contributed by atoms with E-state index in [0.29, 0.717) is 6.54 Å². The third-order valence-electron chi connectivity index (χ3n) is 10.5. The molecule has 0 unspecified atom stereocenters. The van der Waals surface area contributed by atoms with Crippen molar-refractivity contribution in [2.45, 2.75) is 13.5 Å². The van der Waals surface area contributed by atoms with Gasteiger partial charge in [0.25, 0.3) is 0 Å². The third-order valence-corrected chi connectivity index (χ3v) is 11.6. The van der Waals surface area contributed by atoms with Crippen LogP contribution in [0.1, 0.15) is 23.6 Å². The number of aliphatic imine (C=N–C) groups is 2.